The summed E-state index contributed by atoms with van der Waals surface area (Å²) in [5, 5.41) is 4.31. The van der Waals surface area contributed by atoms with Crippen LogP contribution >= 0.6 is 11.6 Å². The number of hydrogen-bond donors (Lipinski definition) is 2. The van der Waals surface area contributed by atoms with Gasteiger partial charge in [0, 0.05) is 22.5 Å². The van der Waals surface area contributed by atoms with Gasteiger partial charge >= 0.3 is 0 Å². The molecule has 0 spiro atoms. The summed E-state index contributed by atoms with van der Waals surface area (Å²) >= 11 is 6.11. The topological polar surface area (TPSA) is 44.9 Å². The molecule has 5 heteroatoms. The predicted octanol–water partition coefficient (Wildman–Crippen LogP) is 4.70. The van der Waals surface area contributed by atoms with Crippen molar-refractivity contribution in [1.82, 2.24) is 4.98 Å². The Bertz CT molecular complexity index is 934. The molecule has 1 atom stereocenters. The number of fused-ring (bicyclic) bond motifs is 3. The molecule has 1 amide bonds. The van der Waals surface area contributed by atoms with Crippen LogP contribution in [0.15, 0.2) is 42.5 Å². The van der Waals surface area contributed by atoms with Gasteiger partial charge in [-0.15, -0.1) is 0 Å². The second-order valence-electron chi connectivity index (χ2n) is 6.18. The van der Waals surface area contributed by atoms with Gasteiger partial charge in [-0.25, -0.2) is 4.39 Å². The molecule has 2 aromatic carbocycles. The van der Waals surface area contributed by atoms with E-state index >= 15 is 0 Å². The Hall–Kier alpha value is -2.33. The molecule has 1 aliphatic rings. The molecule has 0 saturated heterocycles. The molecule has 3 aromatic rings. The third-order valence-corrected chi connectivity index (χ3v) is 4.98. The first-order chi connectivity index (χ1) is 11.6. The van der Waals surface area contributed by atoms with Gasteiger partial charge in [0.05, 0.1) is 10.7 Å². The Labute approximate surface area is 143 Å². The number of aromatic nitrogens is 1. The maximum atomic E-state index is 13.6. The highest BCUT2D eigenvalue weighted by Crippen LogP contribution is 2.33. The first-order valence-corrected chi connectivity index (χ1v) is 8.34. The van der Waals surface area contributed by atoms with Gasteiger partial charge in [0.1, 0.15) is 5.82 Å². The van der Waals surface area contributed by atoms with E-state index in [0.29, 0.717) is 17.1 Å². The third-order valence-electron chi connectivity index (χ3n) is 4.65. The van der Waals surface area contributed by atoms with Crippen LogP contribution in [0.3, 0.4) is 0 Å². The van der Waals surface area contributed by atoms with Gasteiger partial charge in [-0.3, -0.25) is 4.79 Å². The fourth-order valence-electron chi connectivity index (χ4n) is 3.41. The molecular formula is C19H16ClFN2O. The number of carbonyl (C=O) groups is 1. The molecule has 0 aliphatic heterocycles. The molecule has 1 aromatic heterocycles. The summed E-state index contributed by atoms with van der Waals surface area (Å²) < 4.78 is 13.6. The molecule has 1 aliphatic carbocycles. The smallest absolute Gasteiger partial charge is 0.227 e. The van der Waals surface area contributed by atoms with Crippen LogP contribution in [0, 0.1) is 11.7 Å². The highest BCUT2D eigenvalue weighted by Gasteiger charge is 2.27. The zero-order valence-electron chi connectivity index (χ0n) is 12.9. The van der Waals surface area contributed by atoms with Gasteiger partial charge in [-0.1, -0.05) is 23.7 Å². The summed E-state index contributed by atoms with van der Waals surface area (Å²) in [5.74, 6) is -0.442. The van der Waals surface area contributed by atoms with E-state index in [1.165, 1.54) is 6.07 Å². The molecule has 0 bridgehead atoms. The zero-order chi connectivity index (χ0) is 16.7. The second-order valence-corrected chi connectivity index (χ2v) is 6.59. The SMILES string of the molecule is O=C(Nc1ccccc1Cl)C1CCc2[nH]c3ccc(F)cc3c2C1. The fourth-order valence-corrected chi connectivity index (χ4v) is 3.59. The minimum absolute atomic E-state index is 0.0421. The van der Waals surface area contributed by atoms with Gasteiger partial charge < -0.3 is 10.3 Å². The molecule has 4 rings (SSSR count). The van der Waals surface area contributed by atoms with Crippen LogP contribution in [-0.2, 0) is 17.6 Å². The maximum Gasteiger partial charge on any atom is 0.227 e. The number of aromatic amines is 1. The summed E-state index contributed by atoms with van der Waals surface area (Å²) in [6.45, 7) is 0. The highest BCUT2D eigenvalue weighted by molar-refractivity contribution is 6.33. The Balaban J connectivity index is 1.59. The van der Waals surface area contributed by atoms with Gasteiger partial charge in [-0.2, -0.15) is 0 Å². The van der Waals surface area contributed by atoms with Crippen LogP contribution in [0.25, 0.3) is 10.9 Å². The van der Waals surface area contributed by atoms with Gasteiger partial charge in [0.25, 0.3) is 0 Å². The van der Waals surface area contributed by atoms with Crippen molar-refractivity contribution in [1.29, 1.82) is 0 Å². The normalized spacial score (nSPS) is 16.8. The van der Waals surface area contributed by atoms with Crippen LogP contribution in [0.2, 0.25) is 5.02 Å². The largest absolute Gasteiger partial charge is 0.358 e. The molecule has 3 nitrogen and oxygen atoms in total. The summed E-state index contributed by atoms with van der Waals surface area (Å²) in [4.78, 5) is 15.9. The molecule has 0 fully saturated rings. The lowest BCUT2D eigenvalue weighted by Crippen LogP contribution is -2.28. The number of nitrogens with one attached hydrogen (secondary N) is 2. The monoisotopic (exact) mass is 342 g/mol. The number of benzene rings is 2. The van der Waals surface area contributed by atoms with E-state index in [1.54, 1.807) is 24.3 Å². The molecule has 1 unspecified atom stereocenters. The van der Waals surface area contributed by atoms with Gasteiger partial charge in [0.15, 0.2) is 0 Å². The van der Waals surface area contributed by atoms with Crippen molar-refractivity contribution in [2.24, 2.45) is 5.92 Å². The summed E-state index contributed by atoms with van der Waals surface area (Å²) in [6, 6.07) is 11.9. The number of H-pyrrole nitrogens is 1. The average molecular weight is 343 g/mol. The molecular weight excluding hydrogens is 327 g/mol. The summed E-state index contributed by atoms with van der Waals surface area (Å²) in [7, 11) is 0. The van der Waals surface area contributed by atoms with E-state index in [-0.39, 0.29) is 17.6 Å². The lowest BCUT2D eigenvalue weighted by atomic mass is 9.85. The number of carbonyl (C=O) groups excluding carboxylic acids is 1. The average Bonchev–Trinajstić information content (AvgIpc) is 2.94. The van der Waals surface area contributed by atoms with Crippen molar-refractivity contribution in [3.63, 3.8) is 0 Å². The zero-order valence-corrected chi connectivity index (χ0v) is 13.7. The molecule has 122 valence electrons. The van der Waals surface area contributed by atoms with E-state index in [4.69, 9.17) is 11.6 Å². The van der Waals surface area contributed by atoms with Crippen LogP contribution < -0.4 is 5.32 Å². The van der Waals surface area contributed by atoms with E-state index in [1.807, 2.05) is 12.1 Å². The Kier molecular flexibility index (Phi) is 3.77. The second kappa shape index (κ2) is 5.95. The van der Waals surface area contributed by atoms with Crippen LogP contribution in [0.5, 0.6) is 0 Å². The number of para-hydroxylation sites is 1. The summed E-state index contributed by atoms with van der Waals surface area (Å²) in [5.41, 5.74) is 3.71. The van der Waals surface area contributed by atoms with Crippen molar-refractivity contribution in [2.75, 3.05) is 5.32 Å². The molecule has 0 radical (unpaired) electrons. The lowest BCUT2D eigenvalue weighted by Gasteiger charge is -2.22. The number of amides is 1. The van der Waals surface area contributed by atoms with Crippen molar-refractivity contribution < 1.29 is 9.18 Å². The fraction of sp³-hybridized carbons (Fsp3) is 0.211. The van der Waals surface area contributed by atoms with Crippen LogP contribution in [-0.4, -0.2) is 10.9 Å². The highest BCUT2D eigenvalue weighted by atomic mass is 35.5. The Morgan fingerprint density at radius 1 is 1.25 bits per heavy atom. The summed E-state index contributed by atoms with van der Waals surface area (Å²) in [6.07, 6.45) is 2.15. The Morgan fingerprint density at radius 3 is 2.92 bits per heavy atom. The molecule has 1 heterocycles. The molecule has 24 heavy (non-hydrogen) atoms. The van der Waals surface area contributed by atoms with Crippen molar-refractivity contribution in [3.8, 4) is 0 Å². The van der Waals surface area contributed by atoms with Gasteiger partial charge in [0.2, 0.25) is 5.91 Å². The number of anilines is 1. The molecule has 2 N–H and O–H groups in total. The standard InChI is InChI=1S/C19H16ClFN2O/c20-15-3-1-2-4-18(15)23-19(24)11-5-7-16-13(9-11)14-10-12(21)6-8-17(14)22-16/h1-4,6,8,10-11,22H,5,7,9H2,(H,23,24). The number of halogens is 2. The van der Waals surface area contributed by atoms with Crippen LogP contribution in [0.4, 0.5) is 10.1 Å². The molecule has 0 saturated carbocycles. The van der Waals surface area contributed by atoms with Crippen molar-refractivity contribution in [3.05, 3.63) is 64.6 Å². The van der Waals surface area contributed by atoms with E-state index < -0.39 is 0 Å². The first-order valence-electron chi connectivity index (χ1n) is 7.96. The van der Waals surface area contributed by atoms with E-state index in [9.17, 15) is 9.18 Å². The number of aryl methyl sites for hydroxylation is 1. The lowest BCUT2D eigenvalue weighted by molar-refractivity contribution is -0.120. The van der Waals surface area contributed by atoms with E-state index in [0.717, 1.165) is 35.0 Å². The van der Waals surface area contributed by atoms with E-state index in [2.05, 4.69) is 10.3 Å². The van der Waals surface area contributed by atoms with Crippen molar-refractivity contribution in [2.45, 2.75) is 19.3 Å². The Morgan fingerprint density at radius 2 is 2.08 bits per heavy atom. The number of hydrogen-bond acceptors (Lipinski definition) is 1. The maximum absolute atomic E-state index is 13.6. The third kappa shape index (κ3) is 2.67. The minimum atomic E-state index is -0.257. The quantitative estimate of drug-likeness (QED) is 0.696. The van der Waals surface area contributed by atoms with Gasteiger partial charge in [-0.05, 0) is 55.2 Å². The minimum Gasteiger partial charge on any atom is -0.358 e. The van der Waals surface area contributed by atoms with Crippen molar-refractivity contribution >= 4 is 34.1 Å². The first kappa shape index (κ1) is 15.2. The predicted molar refractivity (Wildman–Crippen MR) is 93.9 cm³/mol. The van der Waals surface area contributed by atoms with Crippen LogP contribution in [0.1, 0.15) is 17.7 Å². The number of rotatable bonds is 2.